The maximum Gasteiger partial charge on any atom is 0.111 e. The molecule has 0 aliphatic carbocycles. The SMILES string of the molecule is CC(C)(C)CC(CN)c1nc2c(Br)cccc2[nH]1. The molecule has 1 aromatic heterocycles. The largest absolute Gasteiger partial charge is 0.342 e. The van der Waals surface area contributed by atoms with Crippen molar-refractivity contribution in [2.75, 3.05) is 6.54 Å². The lowest BCUT2D eigenvalue weighted by molar-refractivity contribution is 0.337. The van der Waals surface area contributed by atoms with Gasteiger partial charge in [0.25, 0.3) is 0 Å². The molecule has 1 aromatic carbocycles. The molecule has 3 N–H and O–H groups in total. The van der Waals surface area contributed by atoms with E-state index in [1.54, 1.807) is 0 Å². The molecule has 0 amide bonds. The Hall–Kier alpha value is -0.870. The van der Waals surface area contributed by atoms with E-state index in [1.165, 1.54) is 0 Å². The summed E-state index contributed by atoms with van der Waals surface area (Å²) >= 11 is 3.53. The molecule has 1 unspecified atom stereocenters. The number of nitrogens with one attached hydrogen (secondary N) is 1. The van der Waals surface area contributed by atoms with E-state index in [-0.39, 0.29) is 11.3 Å². The number of aromatic amines is 1. The number of imidazole rings is 1. The third-order valence-electron chi connectivity index (χ3n) is 3.01. The van der Waals surface area contributed by atoms with Crippen molar-refractivity contribution in [2.24, 2.45) is 11.1 Å². The number of nitrogens with two attached hydrogens (primary N) is 1. The Morgan fingerprint density at radius 1 is 1.39 bits per heavy atom. The minimum absolute atomic E-state index is 0.250. The molecule has 2 aromatic rings. The quantitative estimate of drug-likeness (QED) is 0.906. The van der Waals surface area contributed by atoms with Crippen LogP contribution in [-0.2, 0) is 0 Å². The summed E-state index contributed by atoms with van der Waals surface area (Å²) in [5.41, 5.74) is 8.20. The standard InChI is InChI=1S/C14H20BrN3/c1-14(2,3)7-9(8-16)13-17-11-6-4-5-10(15)12(11)18-13/h4-6,9H,7-8,16H2,1-3H3,(H,17,18). The van der Waals surface area contributed by atoms with Gasteiger partial charge in [-0.15, -0.1) is 0 Å². The van der Waals surface area contributed by atoms with Crippen molar-refractivity contribution in [3.63, 3.8) is 0 Å². The zero-order valence-electron chi connectivity index (χ0n) is 11.1. The highest BCUT2D eigenvalue weighted by atomic mass is 79.9. The molecule has 2 rings (SSSR count). The van der Waals surface area contributed by atoms with Crippen molar-refractivity contribution >= 4 is 27.0 Å². The first kappa shape index (κ1) is 13.6. The molecule has 0 fully saturated rings. The van der Waals surface area contributed by atoms with Gasteiger partial charge in [-0.3, -0.25) is 0 Å². The van der Waals surface area contributed by atoms with Crippen molar-refractivity contribution in [2.45, 2.75) is 33.1 Å². The summed E-state index contributed by atoms with van der Waals surface area (Å²) in [4.78, 5) is 8.07. The van der Waals surface area contributed by atoms with Crippen molar-refractivity contribution in [3.8, 4) is 0 Å². The van der Waals surface area contributed by atoms with Crippen LogP contribution in [0.4, 0.5) is 0 Å². The number of hydrogen-bond acceptors (Lipinski definition) is 2. The van der Waals surface area contributed by atoms with Crippen LogP contribution >= 0.6 is 15.9 Å². The van der Waals surface area contributed by atoms with Gasteiger partial charge >= 0.3 is 0 Å². The lowest BCUT2D eigenvalue weighted by Crippen LogP contribution is -2.20. The lowest BCUT2D eigenvalue weighted by atomic mass is 9.84. The predicted molar refractivity (Wildman–Crippen MR) is 79.7 cm³/mol. The number of hydrogen-bond donors (Lipinski definition) is 2. The van der Waals surface area contributed by atoms with Crippen LogP contribution in [0.1, 0.15) is 38.9 Å². The van der Waals surface area contributed by atoms with Gasteiger partial charge in [0.1, 0.15) is 11.3 Å². The predicted octanol–water partition coefficient (Wildman–Crippen LogP) is 3.80. The van der Waals surface area contributed by atoms with Gasteiger partial charge in [-0.2, -0.15) is 0 Å². The fourth-order valence-corrected chi connectivity index (χ4v) is 2.70. The minimum Gasteiger partial charge on any atom is -0.342 e. The monoisotopic (exact) mass is 309 g/mol. The van der Waals surface area contributed by atoms with E-state index in [9.17, 15) is 0 Å². The first-order valence-corrected chi connectivity index (χ1v) is 7.04. The fourth-order valence-electron chi connectivity index (χ4n) is 2.24. The van der Waals surface area contributed by atoms with Crippen LogP contribution in [0, 0.1) is 5.41 Å². The number of rotatable bonds is 3. The van der Waals surface area contributed by atoms with Crippen molar-refractivity contribution in [1.82, 2.24) is 9.97 Å². The molecule has 1 heterocycles. The zero-order chi connectivity index (χ0) is 13.3. The average molecular weight is 310 g/mol. The van der Waals surface area contributed by atoms with Gasteiger partial charge < -0.3 is 10.7 Å². The number of fused-ring (bicyclic) bond motifs is 1. The summed E-state index contributed by atoms with van der Waals surface area (Å²) in [5, 5.41) is 0. The number of aromatic nitrogens is 2. The molecule has 0 aliphatic rings. The highest BCUT2D eigenvalue weighted by Gasteiger charge is 2.22. The van der Waals surface area contributed by atoms with Crippen molar-refractivity contribution in [1.29, 1.82) is 0 Å². The second kappa shape index (κ2) is 5.02. The third-order valence-corrected chi connectivity index (χ3v) is 3.65. The van der Waals surface area contributed by atoms with Crippen LogP contribution in [0.3, 0.4) is 0 Å². The fraction of sp³-hybridized carbons (Fsp3) is 0.500. The summed E-state index contributed by atoms with van der Waals surface area (Å²) in [7, 11) is 0. The summed E-state index contributed by atoms with van der Waals surface area (Å²) in [6.45, 7) is 7.31. The Balaban J connectivity index is 2.37. The molecule has 0 bridgehead atoms. The van der Waals surface area contributed by atoms with Crippen molar-refractivity contribution in [3.05, 3.63) is 28.5 Å². The number of H-pyrrole nitrogens is 1. The maximum atomic E-state index is 5.90. The van der Waals surface area contributed by atoms with E-state index in [1.807, 2.05) is 18.2 Å². The smallest absolute Gasteiger partial charge is 0.111 e. The van der Waals surface area contributed by atoms with Gasteiger partial charge in [0.05, 0.1) is 5.52 Å². The van der Waals surface area contributed by atoms with Crippen LogP contribution in [0.5, 0.6) is 0 Å². The normalized spacial score (nSPS) is 14.1. The van der Waals surface area contributed by atoms with Crippen LogP contribution in [0.15, 0.2) is 22.7 Å². The summed E-state index contributed by atoms with van der Waals surface area (Å²) < 4.78 is 1.02. The van der Waals surface area contributed by atoms with Crippen LogP contribution in [0.2, 0.25) is 0 Å². The first-order valence-electron chi connectivity index (χ1n) is 6.25. The molecule has 0 saturated carbocycles. The molecule has 0 aliphatic heterocycles. The molecule has 0 spiro atoms. The molecule has 4 heteroatoms. The molecule has 98 valence electrons. The Morgan fingerprint density at radius 2 is 2.11 bits per heavy atom. The Morgan fingerprint density at radius 3 is 2.67 bits per heavy atom. The number of nitrogens with zero attached hydrogens (tertiary/aromatic N) is 1. The van der Waals surface area contributed by atoms with Gasteiger partial charge in [0.15, 0.2) is 0 Å². The Kier molecular flexibility index (Phi) is 3.78. The molecular formula is C14H20BrN3. The second-order valence-corrected chi connectivity index (χ2v) is 6.81. The second-order valence-electron chi connectivity index (χ2n) is 5.96. The van der Waals surface area contributed by atoms with Gasteiger partial charge in [-0.05, 0) is 39.9 Å². The maximum absolute atomic E-state index is 5.90. The van der Waals surface area contributed by atoms with E-state index >= 15 is 0 Å². The summed E-state index contributed by atoms with van der Waals surface area (Å²) in [6, 6.07) is 6.06. The molecule has 3 nitrogen and oxygen atoms in total. The van der Waals surface area contributed by atoms with Gasteiger partial charge in [-0.25, -0.2) is 4.98 Å². The number of halogens is 1. The Labute approximate surface area is 116 Å². The van der Waals surface area contributed by atoms with E-state index in [0.717, 1.165) is 27.8 Å². The van der Waals surface area contributed by atoms with Gasteiger partial charge in [0.2, 0.25) is 0 Å². The molecule has 0 saturated heterocycles. The highest BCUT2D eigenvalue weighted by molar-refractivity contribution is 9.10. The summed E-state index contributed by atoms with van der Waals surface area (Å²) in [5.74, 6) is 1.28. The summed E-state index contributed by atoms with van der Waals surface area (Å²) in [6.07, 6.45) is 1.03. The van der Waals surface area contributed by atoms with Gasteiger partial charge in [-0.1, -0.05) is 26.8 Å². The van der Waals surface area contributed by atoms with Gasteiger partial charge in [0, 0.05) is 16.9 Å². The molecule has 18 heavy (non-hydrogen) atoms. The number of para-hydroxylation sites is 1. The topological polar surface area (TPSA) is 54.7 Å². The van der Waals surface area contributed by atoms with Crippen molar-refractivity contribution < 1.29 is 0 Å². The van der Waals surface area contributed by atoms with E-state index in [0.29, 0.717) is 6.54 Å². The van der Waals surface area contributed by atoms with Crippen LogP contribution in [-0.4, -0.2) is 16.5 Å². The van der Waals surface area contributed by atoms with E-state index in [2.05, 4.69) is 46.7 Å². The average Bonchev–Trinajstić information content (AvgIpc) is 2.70. The highest BCUT2D eigenvalue weighted by Crippen LogP contribution is 2.31. The van der Waals surface area contributed by atoms with Crippen LogP contribution in [0.25, 0.3) is 11.0 Å². The van der Waals surface area contributed by atoms with Crippen LogP contribution < -0.4 is 5.73 Å². The van der Waals surface area contributed by atoms with E-state index < -0.39 is 0 Å². The first-order chi connectivity index (χ1) is 8.40. The van der Waals surface area contributed by atoms with E-state index in [4.69, 9.17) is 5.73 Å². The lowest BCUT2D eigenvalue weighted by Gasteiger charge is -2.23. The molecule has 0 radical (unpaired) electrons. The zero-order valence-corrected chi connectivity index (χ0v) is 12.7. The molecular weight excluding hydrogens is 290 g/mol. The minimum atomic E-state index is 0.250. The number of benzene rings is 1. The Bertz CT molecular complexity index is 539. The molecule has 1 atom stereocenters. The third kappa shape index (κ3) is 2.93.